The van der Waals surface area contributed by atoms with Crippen LogP contribution in [0.2, 0.25) is 0 Å². The highest BCUT2D eigenvalue weighted by atomic mass is 16.6. The summed E-state index contributed by atoms with van der Waals surface area (Å²) in [6, 6.07) is 4.34. The Balaban J connectivity index is 1.65. The molecule has 29 heavy (non-hydrogen) atoms. The molecule has 0 radical (unpaired) electrons. The van der Waals surface area contributed by atoms with Crippen LogP contribution < -0.4 is 4.90 Å². The quantitative estimate of drug-likeness (QED) is 0.421. The van der Waals surface area contributed by atoms with Gasteiger partial charge in [0.1, 0.15) is 5.69 Å². The number of hydrogen-bond acceptors (Lipinski definition) is 7. The van der Waals surface area contributed by atoms with E-state index in [1.165, 1.54) is 12.1 Å². The van der Waals surface area contributed by atoms with Crippen LogP contribution in [-0.4, -0.2) is 66.7 Å². The molecule has 0 N–H and O–H groups in total. The monoisotopic (exact) mass is 405 g/mol. The van der Waals surface area contributed by atoms with Crippen molar-refractivity contribution in [2.45, 2.75) is 45.3 Å². The van der Waals surface area contributed by atoms with Crippen molar-refractivity contribution in [2.24, 2.45) is 0 Å². The number of hydrogen-bond donors (Lipinski definition) is 0. The molecule has 0 aliphatic carbocycles. The number of ether oxygens (including phenoxy) is 2. The van der Waals surface area contributed by atoms with Gasteiger partial charge in [0.05, 0.1) is 22.7 Å². The van der Waals surface area contributed by atoms with E-state index in [2.05, 4.69) is 0 Å². The van der Waals surface area contributed by atoms with Crippen LogP contribution in [0.3, 0.4) is 0 Å². The molecule has 2 atom stereocenters. The van der Waals surface area contributed by atoms with Crippen molar-refractivity contribution in [1.29, 1.82) is 0 Å². The maximum atomic E-state index is 12.4. The number of nitrogens with zero attached hydrogens (tertiary/aromatic N) is 3. The summed E-state index contributed by atoms with van der Waals surface area (Å²) in [4.78, 5) is 39.3. The van der Waals surface area contributed by atoms with Gasteiger partial charge in [-0.2, -0.15) is 0 Å². The number of morpholine rings is 1. The van der Waals surface area contributed by atoms with Crippen molar-refractivity contribution in [3.05, 3.63) is 33.9 Å². The Morgan fingerprint density at radius 2 is 1.83 bits per heavy atom. The molecule has 0 saturated carbocycles. The second-order valence-corrected chi connectivity index (χ2v) is 7.64. The van der Waals surface area contributed by atoms with Crippen LogP contribution in [0.1, 0.15) is 43.5 Å². The first-order chi connectivity index (χ1) is 13.8. The molecule has 9 nitrogen and oxygen atoms in total. The van der Waals surface area contributed by atoms with Crippen molar-refractivity contribution >= 4 is 23.3 Å². The van der Waals surface area contributed by atoms with Gasteiger partial charge in [0, 0.05) is 32.2 Å². The molecule has 0 bridgehead atoms. The summed E-state index contributed by atoms with van der Waals surface area (Å²) in [6.07, 6.45) is 2.93. The number of amides is 1. The van der Waals surface area contributed by atoms with E-state index in [9.17, 15) is 19.7 Å². The molecule has 3 rings (SSSR count). The predicted molar refractivity (Wildman–Crippen MR) is 106 cm³/mol. The van der Waals surface area contributed by atoms with Gasteiger partial charge < -0.3 is 19.3 Å². The van der Waals surface area contributed by atoms with Gasteiger partial charge in [-0.15, -0.1) is 0 Å². The Labute approximate surface area is 169 Å². The molecule has 2 aliphatic heterocycles. The molecule has 2 saturated heterocycles. The van der Waals surface area contributed by atoms with E-state index in [-0.39, 0.29) is 29.4 Å². The first-order valence-electron chi connectivity index (χ1n) is 9.99. The third-order valence-corrected chi connectivity index (χ3v) is 5.20. The summed E-state index contributed by atoms with van der Waals surface area (Å²) < 4.78 is 10.7. The van der Waals surface area contributed by atoms with Crippen molar-refractivity contribution in [2.75, 3.05) is 37.7 Å². The molecule has 158 valence electrons. The standard InChI is InChI=1S/C20H27N3O6/c1-14-11-22(12-15(2)29-14)19(24)13-28-20(25)16-6-7-17(18(10-16)23(26)27)21-8-4-3-5-9-21/h6-7,10,14-15H,3-5,8-9,11-13H2,1-2H3/t14-,15-/m0/s1. The number of piperidine rings is 1. The highest BCUT2D eigenvalue weighted by molar-refractivity contribution is 5.93. The number of anilines is 1. The number of rotatable bonds is 5. The molecule has 2 heterocycles. The molecule has 1 aromatic rings. The van der Waals surface area contributed by atoms with Crippen LogP contribution >= 0.6 is 0 Å². The van der Waals surface area contributed by atoms with E-state index in [0.29, 0.717) is 18.8 Å². The normalized spacial score (nSPS) is 22.3. The van der Waals surface area contributed by atoms with Gasteiger partial charge in [0.15, 0.2) is 6.61 Å². The summed E-state index contributed by atoms with van der Waals surface area (Å²) in [5.74, 6) is -1.05. The molecule has 2 fully saturated rings. The Morgan fingerprint density at radius 3 is 2.45 bits per heavy atom. The van der Waals surface area contributed by atoms with E-state index in [1.807, 2.05) is 18.7 Å². The number of benzene rings is 1. The van der Waals surface area contributed by atoms with Crippen LogP contribution in [0.4, 0.5) is 11.4 Å². The molecular weight excluding hydrogens is 378 g/mol. The summed E-state index contributed by atoms with van der Waals surface area (Å²) >= 11 is 0. The zero-order valence-electron chi connectivity index (χ0n) is 16.8. The van der Waals surface area contributed by atoms with Gasteiger partial charge in [-0.25, -0.2) is 4.79 Å². The van der Waals surface area contributed by atoms with Gasteiger partial charge in [-0.3, -0.25) is 14.9 Å². The SMILES string of the molecule is C[C@H]1CN(C(=O)COC(=O)c2ccc(N3CCCCC3)c([N+](=O)[O-])c2)C[C@H](C)O1. The second kappa shape index (κ2) is 9.21. The average molecular weight is 405 g/mol. The summed E-state index contributed by atoms with van der Waals surface area (Å²) in [5, 5.41) is 11.5. The third kappa shape index (κ3) is 5.23. The topological polar surface area (TPSA) is 102 Å². The molecule has 1 aromatic carbocycles. The fourth-order valence-electron chi connectivity index (χ4n) is 3.88. The predicted octanol–water partition coefficient (Wildman–Crippen LogP) is 2.38. The Bertz CT molecular complexity index is 767. The fourth-order valence-corrected chi connectivity index (χ4v) is 3.88. The van der Waals surface area contributed by atoms with Crippen molar-refractivity contribution in [3.63, 3.8) is 0 Å². The van der Waals surface area contributed by atoms with E-state index >= 15 is 0 Å². The Hall–Kier alpha value is -2.68. The van der Waals surface area contributed by atoms with Gasteiger partial charge >= 0.3 is 5.97 Å². The van der Waals surface area contributed by atoms with Crippen molar-refractivity contribution in [3.8, 4) is 0 Å². The lowest BCUT2D eigenvalue weighted by atomic mass is 10.1. The summed E-state index contributed by atoms with van der Waals surface area (Å²) in [6.45, 7) is 5.76. The zero-order valence-corrected chi connectivity index (χ0v) is 16.8. The lowest BCUT2D eigenvalue weighted by Crippen LogP contribution is -2.49. The second-order valence-electron chi connectivity index (χ2n) is 7.64. The van der Waals surface area contributed by atoms with Crippen molar-refractivity contribution < 1.29 is 24.0 Å². The van der Waals surface area contributed by atoms with Crippen LogP contribution in [0, 0.1) is 10.1 Å². The van der Waals surface area contributed by atoms with Crippen LogP contribution in [-0.2, 0) is 14.3 Å². The lowest BCUT2D eigenvalue weighted by Gasteiger charge is -2.35. The van der Waals surface area contributed by atoms with E-state index in [4.69, 9.17) is 9.47 Å². The molecule has 1 amide bonds. The van der Waals surface area contributed by atoms with Crippen LogP contribution in [0.15, 0.2) is 18.2 Å². The first kappa shape index (κ1) is 21.0. The van der Waals surface area contributed by atoms with Crippen molar-refractivity contribution in [1.82, 2.24) is 4.90 Å². The van der Waals surface area contributed by atoms with Crippen LogP contribution in [0.5, 0.6) is 0 Å². The first-order valence-corrected chi connectivity index (χ1v) is 9.99. The van der Waals surface area contributed by atoms with Gasteiger partial charge in [0.2, 0.25) is 0 Å². The molecular formula is C20H27N3O6. The highest BCUT2D eigenvalue weighted by Gasteiger charge is 2.27. The minimum atomic E-state index is -0.749. The minimum Gasteiger partial charge on any atom is -0.452 e. The maximum Gasteiger partial charge on any atom is 0.338 e. The molecule has 0 aromatic heterocycles. The zero-order chi connectivity index (χ0) is 21.0. The molecule has 9 heteroatoms. The summed E-state index contributed by atoms with van der Waals surface area (Å²) in [7, 11) is 0. The molecule has 2 aliphatic rings. The lowest BCUT2D eigenvalue weighted by molar-refractivity contribution is -0.384. The largest absolute Gasteiger partial charge is 0.452 e. The van der Waals surface area contributed by atoms with E-state index < -0.39 is 17.5 Å². The number of esters is 1. The van der Waals surface area contributed by atoms with E-state index in [1.54, 1.807) is 11.0 Å². The Kier molecular flexibility index (Phi) is 6.68. The molecule has 0 unspecified atom stereocenters. The molecule has 0 spiro atoms. The Morgan fingerprint density at radius 1 is 1.17 bits per heavy atom. The number of carbonyl (C=O) groups excluding carboxylic acids is 2. The highest BCUT2D eigenvalue weighted by Crippen LogP contribution is 2.31. The number of carbonyl (C=O) groups is 2. The van der Waals surface area contributed by atoms with Gasteiger partial charge in [-0.1, -0.05) is 0 Å². The third-order valence-electron chi connectivity index (χ3n) is 5.20. The maximum absolute atomic E-state index is 12.4. The van der Waals surface area contributed by atoms with Gasteiger partial charge in [0.25, 0.3) is 11.6 Å². The number of nitro groups is 1. The summed E-state index contributed by atoms with van der Waals surface area (Å²) in [5.41, 5.74) is 0.455. The number of nitro benzene ring substituents is 1. The van der Waals surface area contributed by atoms with Crippen LogP contribution in [0.25, 0.3) is 0 Å². The van der Waals surface area contributed by atoms with Gasteiger partial charge in [-0.05, 0) is 45.2 Å². The fraction of sp³-hybridized carbons (Fsp3) is 0.600. The smallest absolute Gasteiger partial charge is 0.338 e. The minimum absolute atomic E-state index is 0.0639. The van der Waals surface area contributed by atoms with E-state index in [0.717, 1.165) is 32.4 Å². The average Bonchev–Trinajstić information content (AvgIpc) is 2.71.